The first kappa shape index (κ1) is 14.2. The van der Waals surface area contributed by atoms with Gasteiger partial charge < -0.3 is 9.73 Å². The molecule has 0 saturated heterocycles. The lowest BCUT2D eigenvalue weighted by molar-refractivity contribution is 0.0996. The van der Waals surface area contributed by atoms with Crippen LogP contribution in [0.15, 0.2) is 58.5 Å². The Kier molecular flexibility index (Phi) is 4.08. The normalized spacial score (nSPS) is 9.86. The largest absolute Gasteiger partial charge is 0.459 e. The Hall–Kier alpha value is -2.77. The average molecular weight is 307 g/mol. The van der Waals surface area contributed by atoms with Gasteiger partial charge in [0.05, 0.1) is 11.1 Å². The maximum Gasteiger partial charge on any atom is 0.291 e. The van der Waals surface area contributed by atoms with Crippen molar-refractivity contribution in [3.8, 4) is 11.8 Å². The molecule has 22 heavy (non-hydrogen) atoms. The monoisotopic (exact) mass is 307 g/mol. The number of benzene rings is 1. The summed E-state index contributed by atoms with van der Waals surface area (Å²) < 4.78 is 5.19. The highest BCUT2D eigenvalue weighted by Crippen LogP contribution is 2.15. The molecule has 0 aliphatic heterocycles. The number of carbonyl (C=O) groups is 1. The van der Waals surface area contributed by atoms with Crippen molar-refractivity contribution in [1.29, 1.82) is 0 Å². The van der Waals surface area contributed by atoms with Crippen molar-refractivity contribution >= 4 is 22.9 Å². The molecule has 0 unspecified atom stereocenters. The van der Waals surface area contributed by atoms with Crippen molar-refractivity contribution < 1.29 is 9.21 Å². The third kappa shape index (κ3) is 3.27. The van der Waals surface area contributed by atoms with E-state index in [1.807, 2.05) is 48.7 Å². The fourth-order valence-electron chi connectivity index (χ4n) is 1.95. The van der Waals surface area contributed by atoms with Crippen molar-refractivity contribution in [2.75, 3.05) is 5.32 Å². The van der Waals surface area contributed by atoms with E-state index in [2.05, 4.69) is 17.2 Å². The Labute approximate surface area is 132 Å². The molecule has 3 aromatic rings. The molecule has 2 aromatic heterocycles. The van der Waals surface area contributed by atoms with Gasteiger partial charge in [0.1, 0.15) is 0 Å². The van der Waals surface area contributed by atoms with Crippen molar-refractivity contribution in [2.24, 2.45) is 0 Å². The number of rotatable bonds is 2. The van der Waals surface area contributed by atoms with Gasteiger partial charge in [0.25, 0.3) is 5.91 Å². The number of nitrogens with one attached hydrogen (secondary N) is 1. The van der Waals surface area contributed by atoms with E-state index < -0.39 is 0 Å². The lowest BCUT2D eigenvalue weighted by atomic mass is 10.2. The third-order valence-electron chi connectivity index (χ3n) is 3.04. The van der Waals surface area contributed by atoms with Gasteiger partial charge in [-0.05, 0) is 42.6 Å². The smallest absolute Gasteiger partial charge is 0.291 e. The zero-order chi connectivity index (χ0) is 15.4. The zero-order valence-electron chi connectivity index (χ0n) is 11.9. The van der Waals surface area contributed by atoms with Gasteiger partial charge in [-0.25, -0.2) is 0 Å². The van der Waals surface area contributed by atoms with Crippen LogP contribution in [0.1, 0.15) is 26.6 Å². The predicted octanol–water partition coefficient (Wildman–Crippen LogP) is 4.30. The lowest BCUT2D eigenvalue weighted by Crippen LogP contribution is -2.12. The molecule has 0 fully saturated rings. The number of carbonyl (C=O) groups excluding carboxylic acids is 1. The molecule has 3 rings (SSSR count). The van der Waals surface area contributed by atoms with Crippen molar-refractivity contribution in [3.05, 3.63) is 75.9 Å². The van der Waals surface area contributed by atoms with Gasteiger partial charge in [0, 0.05) is 16.8 Å². The van der Waals surface area contributed by atoms with Crippen LogP contribution in [0.4, 0.5) is 5.69 Å². The summed E-state index contributed by atoms with van der Waals surface area (Å²) in [7, 11) is 0. The van der Waals surface area contributed by atoms with Crippen LogP contribution < -0.4 is 5.32 Å². The van der Waals surface area contributed by atoms with Gasteiger partial charge in [-0.3, -0.25) is 4.79 Å². The fraction of sp³-hybridized carbons (Fsp3) is 0.0556. The van der Waals surface area contributed by atoms with Gasteiger partial charge in [-0.15, -0.1) is 11.3 Å². The maximum atomic E-state index is 12.1. The summed E-state index contributed by atoms with van der Waals surface area (Å²) in [5, 5.41) is 4.81. The maximum absolute atomic E-state index is 12.1. The van der Waals surface area contributed by atoms with E-state index in [0.717, 1.165) is 16.0 Å². The van der Waals surface area contributed by atoms with Crippen LogP contribution in [0.25, 0.3) is 0 Å². The summed E-state index contributed by atoms with van der Waals surface area (Å²) in [6.07, 6.45) is 1.51. The summed E-state index contributed by atoms with van der Waals surface area (Å²) in [6.45, 7) is 1.83. The molecule has 4 heteroatoms. The van der Waals surface area contributed by atoms with Crippen molar-refractivity contribution in [1.82, 2.24) is 0 Å². The SMILES string of the molecule is Cc1ccoc1C(=O)Nc1cccc(C#Cc2cccs2)c1. The second kappa shape index (κ2) is 6.33. The van der Waals surface area contributed by atoms with Gasteiger partial charge >= 0.3 is 0 Å². The van der Waals surface area contributed by atoms with Crippen LogP contribution in [0.3, 0.4) is 0 Å². The zero-order valence-corrected chi connectivity index (χ0v) is 12.7. The van der Waals surface area contributed by atoms with Crippen LogP contribution in [-0.2, 0) is 0 Å². The molecule has 0 radical (unpaired) electrons. The molecule has 1 aromatic carbocycles. The quantitative estimate of drug-likeness (QED) is 0.717. The minimum absolute atomic E-state index is 0.258. The highest BCUT2D eigenvalue weighted by molar-refractivity contribution is 7.10. The Bertz CT molecular complexity index is 851. The summed E-state index contributed by atoms with van der Waals surface area (Å²) >= 11 is 1.60. The van der Waals surface area contributed by atoms with E-state index in [-0.39, 0.29) is 5.91 Å². The molecule has 0 bridgehead atoms. The summed E-state index contributed by atoms with van der Waals surface area (Å²) in [4.78, 5) is 13.1. The van der Waals surface area contributed by atoms with Gasteiger partial charge in [0.2, 0.25) is 0 Å². The molecule has 0 spiro atoms. The highest BCUT2D eigenvalue weighted by Gasteiger charge is 2.12. The van der Waals surface area contributed by atoms with Gasteiger partial charge in [0.15, 0.2) is 5.76 Å². The molecular weight excluding hydrogens is 294 g/mol. The van der Waals surface area contributed by atoms with Crippen LogP contribution in [-0.4, -0.2) is 5.91 Å². The fourth-order valence-corrected chi connectivity index (χ4v) is 2.52. The van der Waals surface area contributed by atoms with Crippen LogP contribution in [0, 0.1) is 18.8 Å². The first-order chi connectivity index (χ1) is 10.7. The second-order valence-corrected chi connectivity index (χ2v) is 5.64. The molecule has 1 N–H and O–H groups in total. The average Bonchev–Trinajstić information content (AvgIpc) is 3.16. The Morgan fingerprint density at radius 3 is 2.82 bits per heavy atom. The van der Waals surface area contributed by atoms with E-state index in [9.17, 15) is 4.79 Å². The number of aryl methyl sites for hydroxylation is 1. The number of furan rings is 1. The molecule has 1 amide bonds. The highest BCUT2D eigenvalue weighted by atomic mass is 32.1. The van der Waals surface area contributed by atoms with Gasteiger partial charge in [-0.2, -0.15) is 0 Å². The Balaban J connectivity index is 1.77. The minimum atomic E-state index is -0.258. The van der Waals surface area contributed by atoms with Crippen molar-refractivity contribution in [3.63, 3.8) is 0 Å². The predicted molar refractivity (Wildman–Crippen MR) is 88.1 cm³/mol. The number of anilines is 1. The molecule has 2 heterocycles. The summed E-state index contributed by atoms with van der Waals surface area (Å²) in [5.74, 6) is 6.26. The van der Waals surface area contributed by atoms with Crippen LogP contribution >= 0.6 is 11.3 Å². The summed E-state index contributed by atoms with van der Waals surface area (Å²) in [5.41, 5.74) is 2.35. The molecule has 0 atom stereocenters. The van der Waals surface area contributed by atoms with E-state index >= 15 is 0 Å². The topological polar surface area (TPSA) is 42.2 Å². The molecule has 0 saturated carbocycles. The third-order valence-corrected chi connectivity index (χ3v) is 3.83. The minimum Gasteiger partial charge on any atom is -0.459 e. The number of amides is 1. The van der Waals surface area contributed by atoms with Crippen molar-refractivity contribution in [2.45, 2.75) is 6.92 Å². The molecular formula is C18H13NO2S. The van der Waals surface area contributed by atoms with Crippen LogP contribution in [0.2, 0.25) is 0 Å². The molecule has 0 aliphatic rings. The number of thiophene rings is 1. The first-order valence-corrected chi connectivity index (χ1v) is 7.61. The van der Waals surface area contributed by atoms with E-state index in [0.29, 0.717) is 11.4 Å². The number of hydrogen-bond donors (Lipinski definition) is 1. The lowest BCUT2D eigenvalue weighted by Gasteiger charge is -2.04. The van der Waals surface area contributed by atoms with E-state index in [1.165, 1.54) is 6.26 Å². The molecule has 0 aliphatic carbocycles. The second-order valence-electron chi connectivity index (χ2n) is 4.69. The number of hydrogen-bond acceptors (Lipinski definition) is 3. The van der Waals surface area contributed by atoms with Crippen LogP contribution in [0.5, 0.6) is 0 Å². The van der Waals surface area contributed by atoms with E-state index in [1.54, 1.807) is 17.4 Å². The molecule has 3 nitrogen and oxygen atoms in total. The first-order valence-electron chi connectivity index (χ1n) is 6.73. The van der Waals surface area contributed by atoms with E-state index in [4.69, 9.17) is 4.42 Å². The Morgan fingerprint density at radius 2 is 2.09 bits per heavy atom. The standard InChI is InChI=1S/C18H13NO2S/c1-13-9-10-21-17(13)18(20)19-15-5-2-4-14(12-15)7-8-16-6-3-11-22-16/h2-6,9-12H,1H3,(H,19,20). The molecule has 108 valence electrons. The van der Waals surface area contributed by atoms with Gasteiger partial charge in [-0.1, -0.05) is 24.0 Å². The summed E-state index contributed by atoms with van der Waals surface area (Å²) in [6, 6.07) is 13.2. The Morgan fingerprint density at radius 1 is 1.18 bits per heavy atom.